The van der Waals surface area contributed by atoms with Gasteiger partial charge in [-0.2, -0.15) is 0 Å². The number of carbonyl (C=O) groups is 1. The van der Waals surface area contributed by atoms with Crippen LogP contribution in [0.3, 0.4) is 0 Å². The first-order valence-corrected chi connectivity index (χ1v) is 6.42. The topological polar surface area (TPSA) is 26.3 Å². The Bertz CT molecular complexity index is 423. The Morgan fingerprint density at radius 3 is 2.94 bits per heavy atom. The van der Waals surface area contributed by atoms with E-state index < -0.39 is 0 Å². The fraction of sp³-hybridized carbons (Fsp3) is 0.533. The summed E-state index contributed by atoms with van der Waals surface area (Å²) in [4.78, 5) is 12.1. The Morgan fingerprint density at radius 2 is 2.24 bits per heavy atom. The Morgan fingerprint density at radius 1 is 1.47 bits per heavy atom. The highest BCUT2D eigenvalue weighted by Gasteiger charge is 2.29. The fourth-order valence-corrected chi connectivity index (χ4v) is 2.42. The van der Waals surface area contributed by atoms with E-state index in [1.165, 1.54) is 0 Å². The van der Waals surface area contributed by atoms with Crippen molar-refractivity contribution in [1.29, 1.82) is 0 Å². The van der Waals surface area contributed by atoms with Gasteiger partial charge in [0.1, 0.15) is 11.9 Å². The standard InChI is InChI=1S/C15H20O2/c1-4-5-11(3)15-9-13(16)12-8-10(2)6-7-14(12)17-15/h6-8,11,15H,4-5,9H2,1-3H3. The fourth-order valence-electron chi connectivity index (χ4n) is 2.42. The number of rotatable bonds is 3. The summed E-state index contributed by atoms with van der Waals surface area (Å²) in [7, 11) is 0. The molecule has 2 heteroatoms. The molecule has 2 atom stereocenters. The first kappa shape index (κ1) is 12.2. The molecule has 0 saturated carbocycles. The van der Waals surface area contributed by atoms with Crippen LogP contribution in [0.25, 0.3) is 0 Å². The average molecular weight is 232 g/mol. The molecule has 0 radical (unpaired) electrons. The minimum absolute atomic E-state index is 0.0534. The van der Waals surface area contributed by atoms with Crippen LogP contribution < -0.4 is 4.74 Å². The highest BCUT2D eigenvalue weighted by Crippen LogP contribution is 2.31. The lowest BCUT2D eigenvalue weighted by molar-refractivity contribution is 0.0740. The van der Waals surface area contributed by atoms with Crippen LogP contribution in [0.5, 0.6) is 5.75 Å². The second-order valence-electron chi connectivity index (χ2n) is 5.05. The summed E-state index contributed by atoms with van der Waals surface area (Å²) in [6.07, 6.45) is 2.82. The maximum Gasteiger partial charge on any atom is 0.170 e. The zero-order chi connectivity index (χ0) is 12.4. The molecule has 0 spiro atoms. The predicted octanol–water partition coefficient (Wildman–Crippen LogP) is 3.77. The lowest BCUT2D eigenvalue weighted by Crippen LogP contribution is -2.32. The van der Waals surface area contributed by atoms with E-state index in [9.17, 15) is 4.79 Å². The molecule has 2 rings (SSSR count). The number of fused-ring (bicyclic) bond motifs is 1. The number of hydrogen-bond donors (Lipinski definition) is 0. The van der Waals surface area contributed by atoms with Crippen LogP contribution in [-0.2, 0) is 0 Å². The van der Waals surface area contributed by atoms with Crippen molar-refractivity contribution in [2.45, 2.75) is 46.1 Å². The number of hydrogen-bond acceptors (Lipinski definition) is 2. The average Bonchev–Trinajstić information content (AvgIpc) is 2.30. The van der Waals surface area contributed by atoms with E-state index >= 15 is 0 Å². The molecule has 0 bridgehead atoms. The summed E-state index contributed by atoms with van der Waals surface area (Å²) in [5.74, 6) is 1.43. The smallest absolute Gasteiger partial charge is 0.170 e. The summed E-state index contributed by atoms with van der Waals surface area (Å²) >= 11 is 0. The van der Waals surface area contributed by atoms with Crippen molar-refractivity contribution < 1.29 is 9.53 Å². The number of ether oxygens (including phenoxy) is 1. The molecule has 1 aliphatic rings. The van der Waals surface area contributed by atoms with Crippen LogP contribution in [0.15, 0.2) is 18.2 Å². The van der Waals surface area contributed by atoms with Crippen LogP contribution >= 0.6 is 0 Å². The van der Waals surface area contributed by atoms with E-state index in [-0.39, 0.29) is 11.9 Å². The molecule has 1 heterocycles. The quantitative estimate of drug-likeness (QED) is 0.793. The maximum atomic E-state index is 12.1. The number of Topliss-reactive ketones (excluding diaryl/α,β-unsaturated/α-hetero) is 1. The SMILES string of the molecule is CCCC(C)C1CC(=O)c2cc(C)ccc2O1. The summed E-state index contributed by atoms with van der Waals surface area (Å²) in [6.45, 7) is 6.33. The molecule has 2 unspecified atom stereocenters. The van der Waals surface area contributed by atoms with Crippen molar-refractivity contribution in [2.75, 3.05) is 0 Å². The number of benzene rings is 1. The monoisotopic (exact) mass is 232 g/mol. The Kier molecular flexibility index (Phi) is 3.51. The van der Waals surface area contributed by atoms with Gasteiger partial charge in [-0.15, -0.1) is 0 Å². The van der Waals surface area contributed by atoms with Gasteiger partial charge in [-0.25, -0.2) is 0 Å². The predicted molar refractivity (Wildman–Crippen MR) is 68.6 cm³/mol. The highest BCUT2D eigenvalue weighted by atomic mass is 16.5. The number of ketones is 1. The minimum atomic E-state index is 0.0534. The zero-order valence-corrected chi connectivity index (χ0v) is 10.8. The summed E-state index contributed by atoms with van der Waals surface area (Å²) in [5.41, 5.74) is 1.87. The van der Waals surface area contributed by atoms with E-state index in [1.807, 2.05) is 25.1 Å². The van der Waals surface area contributed by atoms with E-state index in [1.54, 1.807) is 0 Å². The lowest BCUT2D eigenvalue weighted by atomic mass is 9.90. The number of aryl methyl sites for hydroxylation is 1. The van der Waals surface area contributed by atoms with E-state index in [4.69, 9.17) is 4.74 Å². The van der Waals surface area contributed by atoms with Gasteiger partial charge in [0.25, 0.3) is 0 Å². The second kappa shape index (κ2) is 4.91. The molecular formula is C15H20O2. The van der Waals surface area contributed by atoms with Gasteiger partial charge in [-0.3, -0.25) is 4.79 Å². The zero-order valence-electron chi connectivity index (χ0n) is 10.8. The Labute approximate surface area is 103 Å². The first-order chi connectivity index (χ1) is 8.11. The lowest BCUT2D eigenvalue weighted by Gasteiger charge is -2.29. The van der Waals surface area contributed by atoms with Crippen LogP contribution in [0.4, 0.5) is 0 Å². The third-order valence-corrected chi connectivity index (χ3v) is 3.48. The normalized spacial score (nSPS) is 20.6. The van der Waals surface area contributed by atoms with Gasteiger partial charge >= 0.3 is 0 Å². The molecule has 1 aromatic carbocycles. The molecule has 92 valence electrons. The van der Waals surface area contributed by atoms with Gasteiger partial charge in [-0.1, -0.05) is 31.9 Å². The van der Waals surface area contributed by atoms with Gasteiger partial charge in [0.05, 0.1) is 5.56 Å². The Hall–Kier alpha value is -1.31. The second-order valence-corrected chi connectivity index (χ2v) is 5.05. The van der Waals surface area contributed by atoms with Gasteiger partial charge in [0.2, 0.25) is 0 Å². The first-order valence-electron chi connectivity index (χ1n) is 6.42. The van der Waals surface area contributed by atoms with Crippen LogP contribution in [0, 0.1) is 12.8 Å². The molecule has 0 saturated heterocycles. The minimum Gasteiger partial charge on any atom is -0.489 e. The van der Waals surface area contributed by atoms with Crippen molar-refractivity contribution in [3.63, 3.8) is 0 Å². The van der Waals surface area contributed by atoms with Crippen LogP contribution in [-0.4, -0.2) is 11.9 Å². The van der Waals surface area contributed by atoms with E-state index in [0.29, 0.717) is 12.3 Å². The van der Waals surface area contributed by atoms with E-state index in [0.717, 1.165) is 29.7 Å². The molecule has 0 amide bonds. The van der Waals surface area contributed by atoms with Gasteiger partial charge in [0.15, 0.2) is 5.78 Å². The maximum absolute atomic E-state index is 12.1. The van der Waals surface area contributed by atoms with Crippen molar-refractivity contribution in [1.82, 2.24) is 0 Å². The van der Waals surface area contributed by atoms with E-state index in [2.05, 4.69) is 13.8 Å². The summed E-state index contributed by atoms with van der Waals surface area (Å²) in [5, 5.41) is 0. The molecule has 1 aromatic rings. The van der Waals surface area contributed by atoms with Crippen molar-refractivity contribution in [3.05, 3.63) is 29.3 Å². The summed E-state index contributed by atoms with van der Waals surface area (Å²) in [6, 6.07) is 5.85. The highest BCUT2D eigenvalue weighted by molar-refractivity contribution is 6.00. The third kappa shape index (κ3) is 2.51. The van der Waals surface area contributed by atoms with Gasteiger partial charge < -0.3 is 4.74 Å². The van der Waals surface area contributed by atoms with Crippen LogP contribution in [0.2, 0.25) is 0 Å². The molecule has 17 heavy (non-hydrogen) atoms. The van der Waals surface area contributed by atoms with Gasteiger partial charge in [0, 0.05) is 6.42 Å². The van der Waals surface area contributed by atoms with Crippen LogP contribution in [0.1, 0.15) is 49.0 Å². The molecular weight excluding hydrogens is 212 g/mol. The Balaban J connectivity index is 2.21. The van der Waals surface area contributed by atoms with Crippen molar-refractivity contribution in [2.24, 2.45) is 5.92 Å². The largest absolute Gasteiger partial charge is 0.489 e. The number of carbonyl (C=O) groups excluding carboxylic acids is 1. The molecule has 0 N–H and O–H groups in total. The molecule has 0 aromatic heterocycles. The van der Waals surface area contributed by atoms with Crippen molar-refractivity contribution in [3.8, 4) is 5.75 Å². The molecule has 0 fully saturated rings. The molecule has 2 nitrogen and oxygen atoms in total. The molecule has 0 aliphatic carbocycles. The molecule has 1 aliphatic heterocycles. The van der Waals surface area contributed by atoms with Crippen molar-refractivity contribution >= 4 is 5.78 Å². The van der Waals surface area contributed by atoms with Gasteiger partial charge in [-0.05, 0) is 31.4 Å². The third-order valence-electron chi connectivity index (χ3n) is 3.48. The summed E-state index contributed by atoms with van der Waals surface area (Å²) < 4.78 is 5.95.